The summed E-state index contributed by atoms with van der Waals surface area (Å²) in [7, 11) is 1.82. The average Bonchev–Trinajstić information content (AvgIpc) is 2.74. The highest BCUT2D eigenvalue weighted by Gasteiger charge is 2.10. The molecule has 0 bridgehead atoms. The van der Waals surface area contributed by atoms with Crippen molar-refractivity contribution in [1.29, 1.82) is 0 Å². The number of halogens is 1. The molecule has 0 aliphatic carbocycles. The minimum atomic E-state index is -0.280. The summed E-state index contributed by atoms with van der Waals surface area (Å²) in [6.45, 7) is 0. The van der Waals surface area contributed by atoms with Crippen molar-refractivity contribution >= 4 is 17.5 Å². The van der Waals surface area contributed by atoms with Gasteiger partial charge in [0.2, 0.25) is 0 Å². The number of rotatable bonds is 4. The van der Waals surface area contributed by atoms with E-state index in [-0.39, 0.29) is 17.4 Å². The molecule has 0 atom stereocenters. The van der Waals surface area contributed by atoms with Crippen LogP contribution in [0, 0.1) is 5.82 Å². The van der Waals surface area contributed by atoms with Crippen molar-refractivity contribution in [2.45, 2.75) is 4.90 Å². The van der Waals surface area contributed by atoms with Crippen molar-refractivity contribution in [2.75, 3.05) is 5.75 Å². The van der Waals surface area contributed by atoms with E-state index >= 15 is 0 Å². The number of carbonyl (C=O) groups excluding carboxylic acids is 1. The highest BCUT2D eigenvalue weighted by Crippen LogP contribution is 2.22. The fraction of sp³-hybridized carbons (Fsp3) is 0.154. The van der Waals surface area contributed by atoms with Crippen LogP contribution in [0.4, 0.5) is 4.39 Å². The van der Waals surface area contributed by atoms with Gasteiger partial charge in [0.15, 0.2) is 5.78 Å². The second-order valence-corrected chi connectivity index (χ2v) is 4.66. The Morgan fingerprint density at radius 3 is 2.71 bits per heavy atom. The Kier molecular flexibility index (Phi) is 3.64. The maximum absolute atomic E-state index is 13.3. The van der Waals surface area contributed by atoms with E-state index in [0.717, 1.165) is 0 Å². The first-order valence-corrected chi connectivity index (χ1v) is 6.19. The summed E-state index contributed by atoms with van der Waals surface area (Å²) < 4.78 is 15.1. The van der Waals surface area contributed by atoms with Crippen LogP contribution < -0.4 is 0 Å². The van der Waals surface area contributed by atoms with E-state index in [1.807, 2.05) is 19.3 Å². The predicted octanol–water partition coefficient (Wildman–Crippen LogP) is 3.14. The lowest BCUT2D eigenvalue weighted by Gasteiger charge is -2.03. The first-order chi connectivity index (χ1) is 8.18. The average molecular weight is 249 g/mol. The standard InChI is InChI=1S/C13H12FNOS/c1-15-8-4-6-11(15)12(16)9-17-13-7-3-2-5-10(13)14/h2-8H,9H2,1H3. The lowest BCUT2D eigenvalue weighted by molar-refractivity contribution is 0.101. The number of carbonyl (C=O) groups is 1. The van der Waals surface area contributed by atoms with E-state index in [2.05, 4.69) is 0 Å². The molecule has 0 spiro atoms. The lowest BCUT2D eigenvalue weighted by atomic mass is 10.3. The number of nitrogens with zero attached hydrogens (tertiary/aromatic N) is 1. The normalized spacial score (nSPS) is 10.5. The molecular formula is C13H12FNOS. The second-order valence-electron chi connectivity index (χ2n) is 3.65. The highest BCUT2D eigenvalue weighted by atomic mass is 32.2. The van der Waals surface area contributed by atoms with Gasteiger partial charge >= 0.3 is 0 Å². The molecule has 2 aromatic rings. The summed E-state index contributed by atoms with van der Waals surface area (Å²) in [6, 6.07) is 10.1. The van der Waals surface area contributed by atoms with Crippen molar-refractivity contribution in [2.24, 2.45) is 7.05 Å². The van der Waals surface area contributed by atoms with E-state index in [1.54, 1.807) is 28.8 Å². The molecule has 17 heavy (non-hydrogen) atoms. The summed E-state index contributed by atoms with van der Waals surface area (Å²) in [5.41, 5.74) is 0.647. The molecule has 1 aromatic heterocycles. The van der Waals surface area contributed by atoms with Crippen LogP contribution in [0.2, 0.25) is 0 Å². The van der Waals surface area contributed by atoms with E-state index in [4.69, 9.17) is 0 Å². The molecule has 2 nitrogen and oxygen atoms in total. The fourth-order valence-corrected chi connectivity index (χ4v) is 2.35. The highest BCUT2D eigenvalue weighted by molar-refractivity contribution is 8.00. The van der Waals surface area contributed by atoms with Crippen LogP contribution in [-0.2, 0) is 7.05 Å². The Bertz CT molecular complexity index is 536. The second kappa shape index (κ2) is 5.19. The quantitative estimate of drug-likeness (QED) is 0.613. The smallest absolute Gasteiger partial charge is 0.189 e. The van der Waals surface area contributed by atoms with Gasteiger partial charge in [-0.2, -0.15) is 0 Å². The molecule has 0 fully saturated rings. The minimum Gasteiger partial charge on any atom is -0.348 e. The zero-order valence-electron chi connectivity index (χ0n) is 9.39. The third kappa shape index (κ3) is 2.77. The summed E-state index contributed by atoms with van der Waals surface area (Å²) in [5, 5.41) is 0. The van der Waals surface area contributed by atoms with Gasteiger partial charge in [0, 0.05) is 18.1 Å². The van der Waals surface area contributed by atoms with Gasteiger partial charge in [-0.3, -0.25) is 4.79 Å². The molecule has 0 aliphatic rings. The van der Waals surface area contributed by atoms with Crippen LogP contribution >= 0.6 is 11.8 Å². The molecule has 0 unspecified atom stereocenters. The van der Waals surface area contributed by atoms with E-state index in [1.165, 1.54) is 17.8 Å². The van der Waals surface area contributed by atoms with Gasteiger partial charge in [-0.15, -0.1) is 11.8 Å². The minimum absolute atomic E-state index is 0.00533. The maximum Gasteiger partial charge on any atom is 0.189 e. The zero-order valence-corrected chi connectivity index (χ0v) is 10.2. The van der Waals surface area contributed by atoms with Gasteiger partial charge in [0.1, 0.15) is 5.82 Å². The Morgan fingerprint density at radius 2 is 2.06 bits per heavy atom. The molecule has 0 aliphatic heterocycles. The summed E-state index contributed by atoms with van der Waals surface area (Å²) in [6.07, 6.45) is 1.82. The Morgan fingerprint density at radius 1 is 1.29 bits per heavy atom. The van der Waals surface area contributed by atoms with Crippen LogP contribution in [0.25, 0.3) is 0 Å². The molecule has 1 heterocycles. The molecule has 0 saturated carbocycles. The molecule has 88 valence electrons. The number of hydrogen-bond donors (Lipinski definition) is 0. The maximum atomic E-state index is 13.3. The number of Topliss-reactive ketones (excluding diaryl/α,β-unsaturated/α-hetero) is 1. The zero-order chi connectivity index (χ0) is 12.3. The number of thioether (sulfide) groups is 1. The number of ketones is 1. The lowest BCUT2D eigenvalue weighted by Crippen LogP contribution is -2.07. The summed E-state index contributed by atoms with van der Waals surface area (Å²) in [5.74, 6) is -0.0263. The third-order valence-corrected chi connectivity index (χ3v) is 3.47. The SMILES string of the molecule is Cn1cccc1C(=O)CSc1ccccc1F. The van der Waals surface area contributed by atoms with Crippen LogP contribution in [0.1, 0.15) is 10.5 Å². The summed E-state index contributed by atoms with van der Waals surface area (Å²) >= 11 is 1.22. The van der Waals surface area contributed by atoms with E-state index in [9.17, 15) is 9.18 Å². The van der Waals surface area contributed by atoms with Crippen LogP contribution in [0.15, 0.2) is 47.5 Å². The van der Waals surface area contributed by atoms with Crippen molar-refractivity contribution in [3.63, 3.8) is 0 Å². The number of hydrogen-bond acceptors (Lipinski definition) is 2. The molecule has 0 N–H and O–H groups in total. The Hall–Kier alpha value is -1.55. The largest absolute Gasteiger partial charge is 0.348 e. The molecule has 4 heteroatoms. The number of aryl methyl sites for hydroxylation is 1. The number of benzene rings is 1. The fourth-order valence-electron chi connectivity index (χ4n) is 1.53. The van der Waals surface area contributed by atoms with Crippen LogP contribution in [0.5, 0.6) is 0 Å². The first kappa shape index (κ1) is 11.9. The van der Waals surface area contributed by atoms with Crippen molar-refractivity contribution in [3.05, 3.63) is 54.1 Å². The van der Waals surface area contributed by atoms with Gasteiger partial charge in [-0.05, 0) is 24.3 Å². The van der Waals surface area contributed by atoms with Gasteiger partial charge < -0.3 is 4.57 Å². The van der Waals surface area contributed by atoms with Gasteiger partial charge in [-0.25, -0.2) is 4.39 Å². The topological polar surface area (TPSA) is 22.0 Å². The van der Waals surface area contributed by atoms with Gasteiger partial charge in [-0.1, -0.05) is 12.1 Å². The Balaban J connectivity index is 2.02. The monoisotopic (exact) mass is 249 g/mol. The van der Waals surface area contributed by atoms with E-state index in [0.29, 0.717) is 10.6 Å². The third-order valence-electron chi connectivity index (χ3n) is 2.42. The molecule has 0 radical (unpaired) electrons. The molecular weight excluding hydrogens is 237 g/mol. The van der Waals surface area contributed by atoms with Crippen LogP contribution in [-0.4, -0.2) is 16.1 Å². The van der Waals surface area contributed by atoms with Crippen molar-refractivity contribution in [3.8, 4) is 0 Å². The van der Waals surface area contributed by atoms with Crippen molar-refractivity contribution in [1.82, 2.24) is 4.57 Å². The molecule has 0 saturated heterocycles. The molecule has 0 amide bonds. The molecule has 2 rings (SSSR count). The van der Waals surface area contributed by atoms with E-state index < -0.39 is 0 Å². The van der Waals surface area contributed by atoms with Crippen molar-refractivity contribution < 1.29 is 9.18 Å². The first-order valence-electron chi connectivity index (χ1n) is 5.20. The van der Waals surface area contributed by atoms with Crippen LogP contribution in [0.3, 0.4) is 0 Å². The van der Waals surface area contributed by atoms with Gasteiger partial charge in [0.25, 0.3) is 0 Å². The Labute approximate surface area is 103 Å². The predicted molar refractivity (Wildman–Crippen MR) is 66.9 cm³/mol. The summed E-state index contributed by atoms with van der Waals surface area (Å²) in [4.78, 5) is 12.4. The van der Waals surface area contributed by atoms with Gasteiger partial charge in [0.05, 0.1) is 11.4 Å². The number of aromatic nitrogens is 1. The molecule has 1 aromatic carbocycles.